The lowest BCUT2D eigenvalue weighted by molar-refractivity contribution is -0.378. The van der Waals surface area contributed by atoms with Crippen molar-refractivity contribution in [3.8, 4) is 0 Å². The molecule has 0 bridgehead atoms. The summed E-state index contributed by atoms with van der Waals surface area (Å²) in [5.74, 6) is -0.395. The molecule has 0 aromatic rings. The highest BCUT2D eigenvalue weighted by molar-refractivity contribution is 5.20. The van der Waals surface area contributed by atoms with Gasteiger partial charge in [-0.3, -0.25) is 0 Å². The predicted octanol–water partition coefficient (Wildman–Crippen LogP) is -1.56. The predicted molar refractivity (Wildman–Crippen MR) is 260 cm³/mol. The Labute approximate surface area is 439 Å². The number of hydrogen-bond donors (Lipinski definition) is 14. The van der Waals surface area contributed by atoms with Crippen LogP contribution in [0.4, 0.5) is 0 Å². The van der Waals surface area contributed by atoms with Gasteiger partial charge in [0.1, 0.15) is 91.6 Å². The van der Waals surface area contributed by atoms with Gasteiger partial charge in [0.15, 0.2) is 25.2 Å². The maximum Gasteiger partial charge on any atom is 0.187 e. The Balaban J connectivity index is 1.01. The van der Waals surface area contributed by atoms with E-state index in [0.29, 0.717) is 38.5 Å². The molecule has 4 aliphatic carbocycles. The zero-order valence-corrected chi connectivity index (χ0v) is 44.7. The average Bonchev–Trinajstić information content (AvgIpc) is 3.75. The first-order chi connectivity index (χ1) is 35.1. The highest BCUT2D eigenvalue weighted by Gasteiger charge is 2.72. The molecule has 0 spiro atoms. The van der Waals surface area contributed by atoms with Gasteiger partial charge in [-0.15, -0.1) is 0 Å². The van der Waals surface area contributed by atoms with Crippen molar-refractivity contribution in [2.45, 2.75) is 248 Å². The van der Waals surface area contributed by atoms with Gasteiger partial charge >= 0.3 is 0 Å². The first-order valence-corrected chi connectivity index (χ1v) is 27.3. The molecule has 29 atom stereocenters. The summed E-state index contributed by atoms with van der Waals surface area (Å²) in [6, 6.07) is 0. The van der Waals surface area contributed by atoms with Crippen LogP contribution in [0.1, 0.15) is 113 Å². The lowest BCUT2D eigenvalue weighted by Gasteiger charge is -2.71. The minimum Gasteiger partial charge on any atom is -0.394 e. The van der Waals surface area contributed by atoms with Crippen LogP contribution in [-0.2, 0) is 37.9 Å². The molecule has 8 aliphatic rings. The standard InChI is InChI=1S/C53H90O22/c1-23(2)10-9-14-53(8,75-47-43(67)39(63)37(61)29(72-47)22-69-45-41(65)34(58)26(57)21-68-45)24-11-16-52(7)33(24)25(56)18-31-50(5)15-13-32(49(3,4)30(50)12-17-51(31,52)6)73-48-44(40(64)36(60)28(20-55)71-48)74-46-42(66)38(62)35(59)27(19-54)70-46/h10,24-48,54-67H,9,11-22H2,1-8H3/t24?,25-,26-,27-,28-,29-,30?,31?,32-,33?,34+,35-,36-,37-,38+,39+,40+,41-,42-,43-,44-,45+,46+,47+,48+,50+,51-,52-,53+/m1/s1. The Bertz CT molecular complexity index is 1940. The van der Waals surface area contributed by atoms with Crippen molar-refractivity contribution >= 4 is 0 Å². The maximum atomic E-state index is 12.8. The third-order valence-electron chi connectivity index (χ3n) is 20.5. The molecule has 4 saturated carbocycles. The summed E-state index contributed by atoms with van der Waals surface area (Å²) in [5, 5.41) is 151. The second-order valence-electron chi connectivity index (χ2n) is 25.3. The summed E-state index contributed by atoms with van der Waals surface area (Å²) in [5.41, 5.74) is -1.48. The SMILES string of the molecule is CC(C)=CCC[C@](C)(O[C@@H]1O[C@H](CO[C@@H]2OC[C@@H](O)[C@H](O)[C@H]2O)[C@@H](O)[C@H](O)[C@H]1O)C1CC[C@]2(C)C1[C@H](O)CC1[C@@]3(C)CC[C@@H](O[C@@H]4O[C@H](CO)[C@@H](O)[C@H](O)[C@H]4O[C@@H]4O[C@H](CO)[C@@H](O)[C@H](O)[C@H]4O)C(C)(C)C3CC[C@]12C. The van der Waals surface area contributed by atoms with Crippen molar-refractivity contribution in [2.24, 2.45) is 45.3 Å². The van der Waals surface area contributed by atoms with E-state index in [4.69, 9.17) is 37.9 Å². The zero-order valence-electron chi connectivity index (χ0n) is 44.7. The number of allylic oxidation sites excluding steroid dienone is 2. The minimum atomic E-state index is -1.81. The van der Waals surface area contributed by atoms with Gasteiger partial charge in [-0.25, -0.2) is 0 Å². The van der Waals surface area contributed by atoms with Gasteiger partial charge in [0.05, 0.1) is 44.2 Å². The number of hydrogen-bond acceptors (Lipinski definition) is 22. The smallest absolute Gasteiger partial charge is 0.187 e. The molecule has 0 aromatic carbocycles. The van der Waals surface area contributed by atoms with Gasteiger partial charge in [0, 0.05) is 0 Å². The van der Waals surface area contributed by atoms with Crippen LogP contribution in [0.15, 0.2) is 11.6 Å². The number of rotatable bonds is 15. The molecule has 8 rings (SSSR count). The summed E-state index contributed by atoms with van der Waals surface area (Å²) in [7, 11) is 0. The van der Waals surface area contributed by atoms with E-state index in [0.717, 1.165) is 24.8 Å². The van der Waals surface area contributed by atoms with E-state index in [1.165, 1.54) is 0 Å². The fourth-order valence-electron chi connectivity index (χ4n) is 16.0. The monoisotopic (exact) mass is 1080 g/mol. The van der Waals surface area contributed by atoms with Gasteiger partial charge in [0.25, 0.3) is 0 Å². The van der Waals surface area contributed by atoms with Gasteiger partial charge in [0.2, 0.25) is 0 Å². The molecule has 22 heteroatoms. The van der Waals surface area contributed by atoms with Crippen LogP contribution in [0.25, 0.3) is 0 Å². The zero-order chi connectivity index (χ0) is 55.1. The Morgan fingerprint density at radius 1 is 0.587 bits per heavy atom. The second-order valence-corrected chi connectivity index (χ2v) is 25.3. The third kappa shape index (κ3) is 10.6. The van der Waals surface area contributed by atoms with Gasteiger partial charge in [-0.05, 0) is 124 Å². The van der Waals surface area contributed by atoms with Gasteiger partial charge < -0.3 is 109 Å². The molecule has 0 amide bonds. The fraction of sp³-hybridized carbons (Fsp3) is 0.962. The number of fused-ring (bicyclic) bond motifs is 5. The minimum absolute atomic E-state index is 0.0508. The van der Waals surface area contributed by atoms with Crippen LogP contribution >= 0.6 is 0 Å². The highest BCUT2D eigenvalue weighted by Crippen LogP contribution is 2.76. The molecule has 0 aromatic heterocycles. The largest absolute Gasteiger partial charge is 0.394 e. The molecule has 8 fully saturated rings. The van der Waals surface area contributed by atoms with Crippen LogP contribution < -0.4 is 0 Å². The summed E-state index contributed by atoms with van der Waals surface area (Å²) in [6.45, 7) is 15.1. The van der Waals surface area contributed by atoms with E-state index in [1.807, 2.05) is 20.8 Å². The lowest BCUT2D eigenvalue weighted by Crippen LogP contribution is -2.68. The van der Waals surface area contributed by atoms with Crippen LogP contribution in [0.3, 0.4) is 0 Å². The molecule has 75 heavy (non-hydrogen) atoms. The van der Waals surface area contributed by atoms with E-state index >= 15 is 0 Å². The normalized spacial score (nSPS) is 52.7. The van der Waals surface area contributed by atoms with Crippen LogP contribution in [0, 0.1) is 45.3 Å². The first kappa shape index (κ1) is 60.0. The summed E-state index contributed by atoms with van der Waals surface area (Å²) in [4.78, 5) is 0. The summed E-state index contributed by atoms with van der Waals surface area (Å²) >= 11 is 0. The highest BCUT2D eigenvalue weighted by atomic mass is 16.8. The van der Waals surface area contributed by atoms with Crippen molar-refractivity contribution < 1.29 is 109 Å². The van der Waals surface area contributed by atoms with Crippen LogP contribution in [-0.4, -0.2) is 232 Å². The lowest BCUT2D eigenvalue weighted by atomic mass is 9.35. The topological polar surface area (TPSA) is 357 Å². The molecule has 0 radical (unpaired) electrons. The van der Waals surface area contributed by atoms with Crippen molar-refractivity contribution in [1.29, 1.82) is 0 Å². The van der Waals surface area contributed by atoms with E-state index in [2.05, 4.69) is 40.7 Å². The third-order valence-corrected chi connectivity index (χ3v) is 20.5. The quantitative estimate of drug-likeness (QED) is 0.0651. The summed E-state index contributed by atoms with van der Waals surface area (Å²) < 4.78 is 48.8. The average molecular weight is 1080 g/mol. The molecule has 4 unspecified atom stereocenters. The molecule has 434 valence electrons. The molecule has 4 aliphatic heterocycles. The van der Waals surface area contributed by atoms with E-state index < -0.39 is 165 Å². The first-order valence-electron chi connectivity index (χ1n) is 27.3. The van der Waals surface area contributed by atoms with E-state index in [1.54, 1.807) is 0 Å². The molecule has 22 nitrogen and oxygen atoms in total. The second kappa shape index (κ2) is 22.7. The van der Waals surface area contributed by atoms with Gasteiger partial charge in [-0.1, -0.05) is 46.3 Å². The van der Waals surface area contributed by atoms with Crippen molar-refractivity contribution in [3.63, 3.8) is 0 Å². The van der Waals surface area contributed by atoms with E-state index in [9.17, 15) is 71.5 Å². The van der Waals surface area contributed by atoms with Crippen molar-refractivity contribution in [2.75, 3.05) is 26.4 Å². The van der Waals surface area contributed by atoms with Crippen molar-refractivity contribution in [1.82, 2.24) is 0 Å². The Morgan fingerprint density at radius 2 is 1.16 bits per heavy atom. The van der Waals surface area contributed by atoms with E-state index in [-0.39, 0.29) is 41.1 Å². The Hall–Kier alpha value is -1.14. The summed E-state index contributed by atoms with van der Waals surface area (Å²) in [6.07, 6.45) is -22.6. The molecule has 14 N–H and O–H groups in total. The Morgan fingerprint density at radius 3 is 1.80 bits per heavy atom. The Kier molecular flexibility index (Phi) is 18.1. The van der Waals surface area contributed by atoms with Crippen molar-refractivity contribution in [3.05, 3.63) is 11.6 Å². The molecule has 4 saturated heterocycles. The number of aliphatic hydroxyl groups excluding tert-OH is 14. The van der Waals surface area contributed by atoms with Crippen LogP contribution in [0.5, 0.6) is 0 Å². The molecular weight excluding hydrogens is 989 g/mol. The van der Waals surface area contributed by atoms with Crippen LogP contribution in [0.2, 0.25) is 0 Å². The maximum absolute atomic E-state index is 12.8. The molecule has 4 heterocycles. The number of aliphatic hydroxyl groups is 14. The molecular formula is C53H90O22. The van der Waals surface area contributed by atoms with Gasteiger partial charge in [-0.2, -0.15) is 0 Å². The fourth-order valence-corrected chi connectivity index (χ4v) is 16.0. The number of ether oxygens (including phenoxy) is 8.